The van der Waals surface area contributed by atoms with Crippen LogP contribution in [0, 0.1) is 0 Å². The molecule has 7 heterocycles. The van der Waals surface area contributed by atoms with Crippen molar-refractivity contribution in [2.75, 3.05) is 9.80 Å². The van der Waals surface area contributed by atoms with Crippen LogP contribution in [0.25, 0.3) is 65.9 Å². The molecule has 2 aromatic heterocycles. The zero-order chi connectivity index (χ0) is 37.5. The fourth-order valence-electron chi connectivity index (χ4n) is 12.2. The van der Waals surface area contributed by atoms with E-state index >= 15 is 0 Å². The molecule has 0 saturated carbocycles. The van der Waals surface area contributed by atoms with Crippen LogP contribution in [0.5, 0.6) is 0 Å². The standard InChI is InChI=1S/C52H34B2N4/c1-2-3-14-30-25-26-39-42(27-30)56(32-17-8-5-9-18-32)43-29-44-49-45-46-51-37(33-19-10-11-23-40(33)57(51)53(39)48(43)45)28-38-36-22-12-21-35-34-20-13-24-41(55(44)31-15-6-4-7-16-31)47(34)54(49)58(50(35)36)52(38)46/h4-13,15-29H,2-3,14H2,1H3. The number of fused-ring (bicyclic) bond motifs is 8. The fourth-order valence-corrected chi connectivity index (χ4v) is 12.2. The molecular formula is C52H34B2N4. The van der Waals surface area contributed by atoms with Crippen molar-refractivity contribution in [3.63, 3.8) is 0 Å². The lowest BCUT2D eigenvalue weighted by atomic mass is 9.38. The molecule has 6 heteroatoms. The van der Waals surface area contributed by atoms with Crippen LogP contribution < -0.4 is 31.7 Å². The van der Waals surface area contributed by atoms with Crippen molar-refractivity contribution in [1.29, 1.82) is 0 Å². The van der Waals surface area contributed by atoms with Crippen LogP contribution in [-0.2, 0) is 6.42 Å². The van der Waals surface area contributed by atoms with Gasteiger partial charge in [0.15, 0.2) is 0 Å². The summed E-state index contributed by atoms with van der Waals surface area (Å²) in [6.45, 7) is 2.36. The maximum atomic E-state index is 2.77. The van der Waals surface area contributed by atoms with E-state index < -0.39 is 0 Å². The molecule has 0 N–H and O–H groups in total. The second-order valence-electron chi connectivity index (χ2n) is 17.0. The van der Waals surface area contributed by atoms with Gasteiger partial charge in [-0.1, -0.05) is 110 Å². The second kappa shape index (κ2) is 10.3. The molecule has 0 fully saturated rings. The zero-order valence-electron chi connectivity index (χ0n) is 32.0. The first-order valence-corrected chi connectivity index (χ1v) is 21.0. The third-order valence-electron chi connectivity index (χ3n) is 14.3. The molecule has 0 atom stereocenters. The highest BCUT2D eigenvalue weighted by Gasteiger charge is 2.53. The first kappa shape index (κ1) is 30.3. The second-order valence-corrected chi connectivity index (χ2v) is 17.0. The minimum Gasteiger partial charge on any atom is -0.375 e. The lowest BCUT2D eigenvalue weighted by Gasteiger charge is -2.48. The summed E-state index contributed by atoms with van der Waals surface area (Å²) in [4.78, 5) is 5.20. The largest absolute Gasteiger partial charge is 0.375 e. The van der Waals surface area contributed by atoms with Crippen LogP contribution in [0.4, 0.5) is 34.1 Å². The summed E-state index contributed by atoms with van der Waals surface area (Å²) in [5.74, 6) is 0. The third kappa shape index (κ3) is 3.31. The number of unbranched alkanes of at least 4 members (excludes halogenated alkanes) is 1. The Labute approximate surface area is 336 Å². The van der Waals surface area contributed by atoms with Gasteiger partial charge in [0.05, 0.1) is 0 Å². The fraction of sp³-hybridized carbons (Fsp3) is 0.0769. The quantitative estimate of drug-likeness (QED) is 0.164. The maximum absolute atomic E-state index is 2.77. The molecule has 58 heavy (non-hydrogen) atoms. The van der Waals surface area contributed by atoms with Crippen molar-refractivity contribution in [3.05, 3.63) is 157 Å². The summed E-state index contributed by atoms with van der Waals surface area (Å²) < 4.78 is 5.52. The third-order valence-corrected chi connectivity index (χ3v) is 14.3. The predicted octanol–water partition coefficient (Wildman–Crippen LogP) is 10.4. The highest BCUT2D eigenvalue weighted by atomic mass is 15.2. The van der Waals surface area contributed by atoms with Gasteiger partial charge in [0.1, 0.15) is 0 Å². The smallest absolute Gasteiger partial charge is 0.333 e. The monoisotopic (exact) mass is 736 g/mol. The molecule has 4 nitrogen and oxygen atoms in total. The average molecular weight is 736 g/mol. The van der Waals surface area contributed by atoms with E-state index in [1.807, 2.05) is 0 Å². The minimum absolute atomic E-state index is 0.00901. The van der Waals surface area contributed by atoms with Crippen LogP contribution in [0.3, 0.4) is 0 Å². The molecule has 8 aromatic carbocycles. The van der Waals surface area contributed by atoms with E-state index in [2.05, 4.69) is 177 Å². The van der Waals surface area contributed by atoms with Gasteiger partial charge in [0.2, 0.25) is 0 Å². The van der Waals surface area contributed by atoms with E-state index in [0.717, 1.165) is 6.42 Å². The number of hydrogen-bond acceptors (Lipinski definition) is 2. The number of aromatic nitrogens is 2. The van der Waals surface area contributed by atoms with Crippen LogP contribution in [-0.4, -0.2) is 22.7 Å². The molecule has 0 unspecified atom stereocenters. The summed E-state index contributed by atoms with van der Waals surface area (Å²) in [5.41, 5.74) is 25.5. The van der Waals surface area contributed by atoms with Crippen LogP contribution in [0.1, 0.15) is 25.3 Å². The van der Waals surface area contributed by atoms with E-state index in [-0.39, 0.29) is 13.7 Å². The number of rotatable bonds is 5. The summed E-state index contributed by atoms with van der Waals surface area (Å²) in [6, 6.07) is 58.1. The van der Waals surface area contributed by atoms with Gasteiger partial charge in [-0.2, -0.15) is 0 Å². The molecule has 15 rings (SSSR count). The summed E-state index contributed by atoms with van der Waals surface area (Å²) in [5, 5.41) is 5.40. The number of aryl methyl sites for hydroxylation is 1. The van der Waals surface area contributed by atoms with Gasteiger partial charge < -0.3 is 18.8 Å². The minimum atomic E-state index is 0.00901. The molecular weight excluding hydrogens is 702 g/mol. The predicted molar refractivity (Wildman–Crippen MR) is 246 cm³/mol. The molecule has 5 aliphatic heterocycles. The molecule has 5 aliphatic rings. The van der Waals surface area contributed by atoms with Crippen LogP contribution in [0.2, 0.25) is 0 Å². The molecule has 10 aromatic rings. The van der Waals surface area contributed by atoms with Gasteiger partial charge in [0.25, 0.3) is 0 Å². The zero-order valence-corrected chi connectivity index (χ0v) is 32.0. The SMILES string of the molecule is CCCCc1ccc2c(c1)N(c1ccccc1)c1cc3c4c5c1B2n1c2ccccc2c2cc6c7cccc8c7n(c6c-5c21)B4c1c-8cccc1N3c1ccccc1. The Hall–Kier alpha value is -6.91. The lowest BCUT2D eigenvalue weighted by Crippen LogP contribution is -2.64. The van der Waals surface area contributed by atoms with Gasteiger partial charge in [-0.3, -0.25) is 0 Å². The summed E-state index contributed by atoms with van der Waals surface area (Å²) in [6.07, 6.45) is 3.43. The molecule has 0 bridgehead atoms. The maximum Gasteiger partial charge on any atom is 0.333 e. The Balaban J connectivity index is 1.22. The first-order chi connectivity index (χ1) is 28.8. The van der Waals surface area contributed by atoms with Crippen molar-refractivity contribution in [2.24, 2.45) is 0 Å². The van der Waals surface area contributed by atoms with E-state index in [0.29, 0.717) is 0 Å². The number of nitrogens with zero attached hydrogens (tertiary/aromatic N) is 4. The highest BCUT2D eigenvalue weighted by Crippen LogP contribution is 2.55. The van der Waals surface area contributed by atoms with Gasteiger partial charge >= 0.3 is 13.7 Å². The normalized spacial score (nSPS) is 14.4. The van der Waals surface area contributed by atoms with Gasteiger partial charge in [-0.15, -0.1) is 0 Å². The molecule has 0 spiro atoms. The van der Waals surface area contributed by atoms with E-state index in [4.69, 9.17) is 0 Å². The number of hydrogen-bond donors (Lipinski definition) is 0. The molecule has 0 aliphatic carbocycles. The van der Waals surface area contributed by atoms with E-state index in [1.54, 1.807) is 0 Å². The van der Waals surface area contributed by atoms with Gasteiger partial charge in [-0.25, -0.2) is 0 Å². The molecule has 0 amide bonds. The van der Waals surface area contributed by atoms with Crippen LogP contribution >= 0.6 is 0 Å². The van der Waals surface area contributed by atoms with Crippen LogP contribution in [0.15, 0.2) is 152 Å². The number of anilines is 6. The molecule has 268 valence electrons. The first-order valence-electron chi connectivity index (χ1n) is 21.0. The number of para-hydroxylation sites is 4. The topological polar surface area (TPSA) is 16.3 Å². The van der Waals surface area contributed by atoms with E-state index in [1.165, 1.54) is 140 Å². The van der Waals surface area contributed by atoms with Crippen molar-refractivity contribution in [2.45, 2.75) is 26.2 Å². The summed E-state index contributed by atoms with van der Waals surface area (Å²) >= 11 is 0. The van der Waals surface area contributed by atoms with Gasteiger partial charge in [0, 0.05) is 88.9 Å². The number of benzene rings is 8. The Bertz CT molecular complexity index is 3530. The van der Waals surface area contributed by atoms with Crippen molar-refractivity contribution < 1.29 is 0 Å². The Morgan fingerprint density at radius 3 is 1.93 bits per heavy atom. The van der Waals surface area contributed by atoms with Crippen molar-refractivity contribution in [3.8, 4) is 22.3 Å². The van der Waals surface area contributed by atoms with Crippen molar-refractivity contribution in [1.82, 2.24) is 8.96 Å². The lowest BCUT2D eigenvalue weighted by molar-refractivity contribution is 0.795. The highest BCUT2D eigenvalue weighted by molar-refractivity contribution is 6.96. The Morgan fingerprint density at radius 2 is 1.12 bits per heavy atom. The average Bonchev–Trinajstić information content (AvgIpc) is 3.80. The molecule has 0 saturated heterocycles. The Morgan fingerprint density at radius 1 is 0.448 bits per heavy atom. The van der Waals surface area contributed by atoms with E-state index in [9.17, 15) is 0 Å². The van der Waals surface area contributed by atoms with Gasteiger partial charge in [-0.05, 0) is 106 Å². The summed E-state index contributed by atoms with van der Waals surface area (Å²) in [7, 11) is 0. The van der Waals surface area contributed by atoms with Crippen molar-refractivity contribution >= 4 is 113 Å². The Kier molecular flexibility index (Phi) is 5.39. The molecule has 0 radical (unpaired) electrons.